The van der Waals surface area contributed by atoms with Crippen LogP contribution in [0.2, 0.25) is 0 Å². The summed E-state index contributed by atoms with van der Waals surface area (Å²) in [4.78, 5) is 19.7. The maximum absolute atomic E-state index is 12.6. The second-order valence-corrected chi connectivity index (χ2v) is 5.60. The van der Waals surface area contributed by atoms with E-state index < -0.39 is 0 Å². The first-order chi connectivity index (χ1) is 12.2. The molecule has 0 aliphatic rings. The van der Waals surface area contributed by atoms with E-state index in [1.165, 1.54) is 0 Å². The maximum Gasteiger partial charge on any atom is 0.256 e. The average molecular weight is 335 g/mol. The molecule has 128 valence electrons. The molecule has 3 aromatic rings. The number of aromatic amines is 1. The molecule has 2 aromatic heterocycles. The Balaban J connectivity index is 1.92. The first-order valence-electron chi connectivity index (χ1n) is 8.30. The van der Waals surface area contributed by atoms with Crippen LogP contribution in [0.5, 0.6) is 5.75 Å². The quantitative estimate of drug-likeness (QED) is 0.747. The Kier molecular flexibility index (Phi) is 5.14. The first-order valence-corrected chi connectivity index (χ1v) is 8.30. The van der Waals surface area contributed by atoms with E-state index in [0.717, 1.165) is 17.0 Å². The third-order valence-corrected chi connectivity index (χ3v) is 3.87. The summed E-state index contributed by atoms with van der Waals surface area (Å²) in [6.45, 7) is 5.01. The third kappa shape index (κ3) is 3.71. The molecule has 5 heteroatoms. The van der Waals surface area contributed by atoms with Crippen molar-refractivity contribution < 1.29 is 4.74 Å². The normalized spacial score (nSPS) is 11.1. The van der Waals surface area contributed by atoms with Crippen molar-refractivity contribution in [2.75, 3.05) is 6.61 Å². The van der Waals surface area contributed by atoms with Gasteiger partial charge in [-0.1, -0.05) is 24.3 Å². The minimum absolute atomic E-state index is 0.127. The number of rotatable bonds is 6. The van der Waals surface area contributed by atoms with E-state index in [0.29, 0.717) is 24.5 Å². The van der Waals surface area contributed by atoms with Gasteiger partial charge in [0.1, 0.15) is 5.75 Å². The fourth-order valence-corrected chi connectivity index (χ4v) is 2.75. The predicted molar refractivity (Wildman–Crippen MR) is 99.7 cm³/mol. The predicted octanol–water partition coefficient (Wildman–Crippen LogP) is 3.72. The number of hydrogen-bond donors (Lipinski definition) is 1. The molecule has 0 spiro atoms. The average Bonchev–Trinajstić information content (AvgIpc) is 3.04. The van der Waals surface area contributed by atoms with Crippen molar-refractivity contribution >= 4 is 6.08 Å². The summed E-state index contributed by atoms with van der Waals surface area (Å²) in [7, 11) is 0. The summed E-state index contributed by atoms with van der Waals surface area (Å²) in [5.74, 6) is 0.716. The number of ether oxygens (including phenoxy) is 1. The molecular weight excluding hydrogens is 314 g/mol. The molecule has 3 rings (SSSR count). The zero-order chi connectivity index (χ0) is 17.6. The lowest BCUT2D eigenvalue weighted by molar-refractivity contribution is 0.341. The molecule has 2 heterocycles. The van der Waals surface area contributed by atoms with Gasteiger partial charge >= 0.3 is 0 Å². The summed E-state index contributed by atoms with van der Waals surface area (Å²) in [6, 6.07) is 11.4. The van der Waals surface area contributed by atoms with Crippen LogP contribution in [0.1, 0.15) is 25.2 Å². The van der Waals surface area contributed by atoms with Gasteiger partial charge in [-0.2, -0.15) is 0 Å². The largest absolute Gasteiger partial charge is 0.493 e. The summed E-state index contributed by atoms with van der Waals surface area (Å²) in [5.41, 5.74) is 3.10. The van der Waals surface area contributed by atoms with Gasteiger partial charge in [0.25, 0.3) is 5.56 Å². The van der Waals surface area contributed by atoms with Crippen LogP contribution < -0.4 is 10.3 Å². The zero-order valence-electron chi connectivity index (χ0n) is 14.4. The van der Waals surface area contributed by atoms with Crippen molar-refractivity contribution in [3.05, 3.63) is 76.7 Å². The Morgan fingerprint density at radius 2 is 2.04 bits per heavy atom. The van der Waals surface area contributed by atoms with E-state index in [1.807, 2.05) is 67.0 Å². The van der Waals surface area contributed by atoms with Gasteiger partial charge in [0.05, 0.1) is 36.9 Å². The van der Waals surface area contributed by atoms with Crippen LogP contribution in [0.15, 0.2) is 59.8 Å². The Labute approximate surface area is 146 Å². The molecule has 1 aromatic carbocycles. The summed E-state index contributed by atoms with van der Waals surface area (Å²) >= 11 is 0. The smallest absolute Gasteiger partial charge is 0.256 e. The van der Waals surface area contributed by atoms with Crippen LogP contribution in [-0.2, 0) is 6.54 Å². The second kappa shape index (κ2) is 7.66. The fourth-order valence-electron chi connectivity index (χ4n) is 2.75. The van der Waals surface area contributed by atoms with Gasteiger partial charge in [-0.05, 0) is 38.1 Å². The minimum Gasteiger partial charge on any atom is -0.493 e. The number of allylic oxidation sites excluding steroid dienone is 1. The van der Waals surface area contributed by atoms with Gasteiger partial charge in [0.15, 0.2) is 0 Å². The minimum atomic E-state index is -0.127. The number of nitrogens with one attached hydrogen (secondary N) is 1. The third-order valence-electron chi connectivity index (χ3n) is 3.87. The molecular formula is C20H21N3O2. The number of imidazole rings is 1. The van der Waals surface area contributed by atoms with E-state index in [1.54, 1.807) is 12.5 Å². The molecule has 0 atom stereocenters. The fraction of sp³-hybridized carbons (Fsp3) is 0.200. The highest BCUT2D eigenvalue weighted by atomic mass is 16.5. The lowest BCUT2D eigenvalue weighted by Gasteiger charge is -2.11. The number of para-hydroxylation sites is 1. The van der Waals surface area contributed by atoms with Gasteiger partial charge in [-0.25, -0.2) is 4.98 Å². The number of benzene rings is 1. The van der Waals surface area contributed by atoms with Crippen LogP contribution in [0, 0.1) is 0 Å². The van der Waals surface area contributed by atoms with Gasteiger partial charge in [0, 0.05) is 11.3 Å². The van der Waals surface area contributed by atoms with Crippen LogP contribution >= 0.6 is 0 Å². The number of aromatic nitrogens is 3. The molecule has 0 bridgehead atoms. The Morgan fingerprint density at radius 3 is 2.80 bits per heavy atom. The van der Waals surface area contributed by atoms with Gasteiger partial charge in [0.2, 0.25) is 0 Å². The summed E-state index contributed by atoms with van der Waals surface area (Å²) in [6.07, 6.45) is 7.50. The molecule has 0 saturated heterocycles. The number of pyridine rings is 1. The highest BCUT2D eigenvalue weighted by Crippen LogP contribution is 2.27. The van der Waals surface area contributed by atoms with Crippen LogP contribution in [-0.4, -0.2) is 21.1 Å². The maximum atomic E-state index is 12.6. The lowest BCUT2D eigenvalue weighted by atomic mass is 10.1. The van der Waals surface area contributed by atoms with E-state index in [2.05, 4.69) is 9.97 Å². The molecule has 0 amide bonds. The molecule has 0 radical (unpaired) electrons. The zero-order valence-corrected chi connectivity index (χ0v) is 14.4. The van der Waals surface area contributed by atoms with Crippen LogP contribution in [0.3, 0.4) is 0 Å². The Hall–Kier alpha value is -3.08. The summed E-state index contributed by atoms with van der Waals surface area (Å²) in [5, 5.41) is 0. The summed E-state index contributed by atoms with van der Waals surface area (Å²) < 4.78 is 7.62. The highest BCUT2D eigenvalue weighted by Gasteiger charge is 2.10. The molecule has 0 unspecified atom stereocenters. The molecule has 5 nitrogen and oxygen atoms in total. The number of H-pyrrole nitrogens is 1. The van der Waals surface area contributed by atoms with E-state index in [-0.39, 0.29) is 5.56 Å². The standard InChI is InChI=1S/C20H21N3O2/c1-3-7-16-12-21-14-23(16)13-15-10-11-18(20(24)22-15)17-8-5-6-9-19(17)25-4-2/h3,5-12,14H,4,13H2,1-2H3,(H,22,24)/b7-3+. The Bertz CT molecular complexity index is 938. The van der Waals surface area contributed by atoms with Crippen molar-refractivity contribution in [1.82, 2.24) is 14.5 Å². The molecule has 0 saturated carbocycles. The van der Waals surface area contributed by atoms with E-state index in [9.17, 15) is 4.79 Å². The van der Waals surface area contributed by atoms with Crippen molar-refractivity contribution in [2.24, 2.45) is 0 Å². The number of nitrogens with zero attached hydrogens (tertiary/aromatic N) is 2. The van der Waals surface area contributed by atoms with Crippen molar-refractivity contribution in [2.45, 2.75) is 20.4 Å². The lowest BCUT2D eigenvalue weighted by Crippen LogP contribution is -2.14. The van der Waals surface area contributed by atoms with Crippen molar-refractivity contribution in [3.63, 3.8) is 0 Å². The van der Waals surface area contributed by atoms with E-state index in [4.69, 9.17) is 4.74 Å². The molecule has 0 aliphatic carbocycles. The van der Waals surface area contributed by atoms with Gasteiger partial charge in [-0.15, -0.1) is 0 Å². The van der Waals surface area contributed by atoms with Crippen molar-refractivity contribution in [3.8, 4) is 16.9 Å². The molecule has 25 heavy (non-hydrogen) atoms. The van der Waals surface area contributed by atoms with Crippen LogP contribution in [0.25, 0.3) is 17.2 Å². The van der Waals surface area contributed by atoms with Gasteiger partial charge < -0.3 is 14.3 Å². The van der Waals surface area contributed by atoms with Crippen molar-refractivity contribution in [1.29, 1.82) is 0 Å². The highest BCUT2D eigenvalue weighted by molar-refractivity contribution is 5.69. The molecule has 0 aliphatic heterocycles. The SMILES string of the molecule is C/C=C/c1cncn1Cc1ccc(-c2ccccc2OCC)c(=O)[nH]1. The first kappa shape index (κ1) is 16.8. The molecule has 1 N–H and O–H groups in total. The second-order valence-electron chi connectivity index (χ2n) is 5.60. The Morgan fingerprint density at radius 1 is 1.20 bits per heavy atom. The van der Waals surface area contributed by atoms with Gasteiger partial charge in [-0.3, -0.25) is 4.79 Å². The monoisotopic (exact) mass is 335 g/mol. The van der Waals surface area contributed by atoms with Crippen LogP contribution in [0.4, 0.5) is 0 Å². The topological polar surface area (TPSA) is 59.9 Å². The van der Waals surface area contributed by atoms with E-state index >= 15 is 0 Å². The number of hydrogen-bond acceptors (Lipinski definition) is 3. The molecule has 0 fully saturated rings.